The van der Waals surface area contributed by atoms with Crippen LogP contribution < -0.4 is 5.73 Å². The van der Waals surface area contributed by atoms with Gasteiger partial charge in [0.15, 0.2) is 5.78 Å². The van der Waals surface area contributed by atoms with E-state index in [9.17, 15) is 14.4 Å². The van der Waals surface area contributed by atoms with Gasteiger partial charge >= 0.3 is 11.9 Å². The van der Waals surface area contributed by atoms with Crippen LogP contribution in [0.15, 0.2) is 30.3 Å². The Morgan fingerprint density at radius 2 is 1.79 bits per heavy atom. The fourth-order valence-corrected chi connectivity index (χ4v) is 1.45. The molecule has 0 aromatic heterocycles. The number of hydrogen-bond donors (Lipinski definition) is 2. The number of esters is 1. The summed E-state index contributed by atoms with van der Waals surface area (Å²) in [5, 5.41) is 8.49. The predicted octanol–water partition coefficient (Wildman–Crippen LogP) is 0.605. The van der Waals surface area contributed by atoms with Crippen LogP contribution in [0.5, 0.6) is 0 Å². The van der Waals surface area contributed by atoms with E-state index in [4.69, 9.17) is 15.6 Å². The molecule has 0 heterocycles. The molecule has 0 radical (unpaired) electrons. The summed E-state index contributed by atoms with van der Waals surface area (Å²) in [5.41, 5.74) is 5.80. The summed E-state index contributed by atoms with van der Waals surface area (Å²) in [7, 11) is 0. The van der Waals surface area contributed by atoms with E-state index in [1.165, 1.54) is 0 Å². The molecule has 6 nitrogen and oxygen atoms in total. The smallest absolute Gasteiger partial charge is 0.338 e. The molecular formula is C13H15NO5. The number of aliphatic carboxylic acids is 1. The zero-order valence-corrected chi connectivity index (χ0v) is 10.2. The normalized spacial score (nSPS) is 11.6. The van der Waals surface area contributed by atoms with E-state index < -0.39 is 30.4 Å². The number of carboxylic acid groups (broad SMARTS) is 1. The number of carbonyl (C=O) groups excluding carboxylic acids is 2. The maximum Gasteiger partial charge on any atom is 0.338 e. The van der Waals surface area contributed by atoms with Gasteiger partial charge in [0.25, 0.3) is 0 Å². The third kappa shape index (κ3) is 5.78. The van der Waals surface area contributed by atoms with E-state index in [0.29, 0.717) is 5.56 Å². The molecule has 1 atom stereocenters. The summed E-state index contributed by atoms with van der Waals surface area (Å²) in [4.78, 5) is 33.3. The number of rotatable bonds is 7. The van der Waals surface area contributed by atoms with Crippen molar-refractivity contribution in [2.45, 2.75) is 18.9 Å². The second-order valence-corrected chi connectivity index (χ2v) is 4.04. The molecule has 1 aromatic rings. The van der Waals surface area contributed by atoms with Gasteiger partial charge in [0.1, 0.15) is 6.61 Å². The first-order valence-corrected chi connectivity index (χ1v) is 5.70. The molecule has 0 bridgehead atoms. The molecule has 0 aliphatic rings. The molecule has 19 heavy (non-hydrogen) atoms. The van der Waals surface area contributed by atoms with Crippen LogP contribution in [0.3, 0.4) is 0 Å². The third-order valence-corrected chi connectivity index (χ3v) is 2.30. The molecule has 6 heteroatoms. The fourth-order valence-electron chi connectivity index (χ4n) is 1.45. The van der Waals surface area contributed by atoms with Gasteiger partial charge < -0.3 is 15.6 Å². The maximum absolute atomic E-state index is 11.5. The monoisotopic (exact) mass is 265 g/mol. The maximum atomic E-state index is 11.5. The Labute approximate surface area is 110 Å². The van der Waals surface area contributed by atoms with Crippen molar-refractivity contribution < 1.29 is 24.2 Å². The molecule has 0 spiro atoms. The van der Waals surface area contributed by atoms with E-state index >= 15 is 0 Å². The van der Waals surface area contributed by atoms with Crippen LogP contribution in [-0.2, 0) is 14.3 Å². The van der Waals surface area contributed by atoms with Crippen LogP contribution in [0, 0.1) is 0 Å². The van der Waals surface area contributed by atoms with E-state index in [2.05, 4.69) is 0 Å². The molecule has 0 saturated heterocycles. The highest BCUT2D eigenvalue weighted by molar-refractivity contribution is 5.91. The van der Waals surface area contributed by atoms with Crippen molar-refractivity contribution in [1.29, 1.82) is 0 Å². The van der Waals surface area contributed by atoms with Gasteiger partial charge in [0, 0.05) is 12.5 Å². The number of Topliss-reactive ketones (excluding diaryl/α,β-unsaturated/α-hetero) is 1. The van der Waals surface area contributed by atoms with Crippen LogP contribution in [0.2, 0.25) is 0 Å². The Morgan fingerprint density at radius 1 is 1.16 bits per heavy atom. The number of nitrogens with two attached hydrogens (primary N) is 1. The van der Waals surface area contributed by atoms with Gasteiger partial charge in [-0.3, -0.25) is 9.59 Å². The Bertz CT molecular complexity index is 457. The van der Waals surface area contributed by atoms with Gasteiger partial charge in [0.2, 0.25) is 0 Å². The molecule has 0 aliphatic carbocycles. The fraction of sp³-hybridized carbons (Fsp3) is 0.308. The highest BCUT2D eigenvalue weighted by Crippen LogP contribution is 2.02. The number of benzene rings is 1. The van der Waals surface area contributed by atoms with Gasteiger partial charge in [-0.2, -0.15) is 0 Å². The topological polar surface area (TPSA) is 107 Å². The lowest BCUT2D eigenvalue weighted by Gasteiger charge is -2.08. The molecule has 0 aliphatic heterocycles. The SMILES string of the molecule is N[C@@H](CC(=O)O)CC(=O)COC(=O)c1ccccc1. The molecule has 0 unspecified atom stereocenters. The number of ketones is 1. The molecule has 0 fully saturated rings. The number of ether oxygens (including phenoxy) is 1. The zero-order valence-electron chi connectivity index (χ0n) is 10.2. The lowest BCUT2D eigenvalue weighted by atomic mass is 10.1. The molecular weight excluding hydrogens is 250 g/mol. The zero-order chi connectivity index (χ0) is 14.3. The Morgan fingerprint density at radius 3 is 2.37 bits per heavy atom. The first kappa shape index (κ1) is 14.8. The average molecular weight is 265 g/mol. The Balaban J connectivity index is 2.34. The predicted molar refractivity (Wildman–Crippen MR) is 66.6 cm³/mol. The van der Waals surface area contributed by atoms with Gasteiger partial charge in [-0.1, -0.05) is 18.2 Å². The van der Waals surface area contributed by atoms with E-state index in [1.54, 1.807) is 30.3 Å². The summed E-state index contributed by atoms with van der Waals surface area (Å²) in [6, 6.07) is 7.50. The highest BCUT2D eigenvalue weighted by Gasteiger charge is 2.15. The van der Waals surface area contributed by atoms with Crippen LogP contribution in [0.25, 0.3) is 0 Å². The standard InChI is InChI=1S/C13H15NO5/c14-10(7-12(16)17)6-11(15)8-19-13(18)9-4-2-1-3-5-9/h1-5,10H,6-8,14H2,(H,16,17)/t10-/m1/s1. The summed E-state index contributed by atoms with van der Waals surface area (Å²) < 4.78 is 4.80. The first-order valence-electron chi connectivity index (χ1n) is 5.70. The second-order valence-electron chi connectivity index (χ2n) is 4.04. The minimum Gasteiger partial charge on any atom is -0.481 e. The molecule has 3 N–H and O–H groups in total. The number of carboxylic acids is 1. The highest BCUT2D eigenvalue weighted by atomic mass is 16.5. The second kappa shape index (κ2) is 7.27. The van der Waals surface area contributed by atoms with Gasteiger partial charge in [-0.25, -0.2) is 4.79 Å². The molecule has 1 rings (SSSR count). The molecule has 0 saturated carbocycles. The van der Waals surface area contributed by atoms with Crippen molar-refractivity contribution in [3.8, 4) is 0 Å². The van der Waals surface area contributed by atoms with Crippen molar-refractivity contribution in [3.05, 3.63) is 35.9 Å². The Hall–Kier alpha value is -2.21. The van der Waals surface area contributed by atoms with E-state index in [1.807, 2.05) is 0 Å². The largest absolute Gasteiger partial charge is 0.481 e. The molecule has 0 amide bonds. The minimum absolute atomic E-state index is 0.131. The summed E-state index contributed by atoms with van der Waals surface area (Å²) >= 11 is 0. The Kier molecular flexibility index (Phi) is 5.69. The van der Waals surface area contributed by atoms with Crippen molar-refractivity contribution in [1.82, 2.24) is 0 Å². The van der Waals surface area contributed by atoms with E-state index in [0.717, 1.165) is 0 Å². The summed E-state index contributed by atoms with van der Waals surface area (Å²) in [6.45, 7) is -0.402. The summed E-state index contributed by atoms with van der Waals surface area (Å²) in [5.74, 6) is -2.07. The van der Waals surface area contributed by atoms with E-state index in [-0.39, 0.29) is 12.8 Å². The van der Waals surface area contributed by atoms with Gasteiger partial charge in [-0.05, 0) is 12.1 Å². The summed E-state index contributed by atoms with van der Waals surface area (Å²) in [6.07, 6.45) is -0.424. The van der Waals surface area contributed by atoms with Gasteiger partial charge in [-0.15, -0.1) is 0 Å². The van der Waals surface area contributed by atoms with Crippen LogP contribution >= 0.6 is 0 Å². The molecule has 1 aromatic carbocycles. The van der Waals surface area contributed by atoms with Gasteiger partial charge in [0.05, 0.1) is 12.0 Å². The lowest BCUT2D eigenvalue weighted by molar-refractivity contribution is -0.137. The number of carbonyl (C=O) groups is 3. The number of hydrogen-bond acceptors (Lipinski definition) is 5. The van der Waals surface area contributed by atoms with Crippen molar-refractivity contribution in [3.63, 3.8) is 0 Å². The van der Waals surface area contributed by atoms with Crippen LogP contribution in [0.1, 0.15) is 23.2 Å². The van der Waals surface area contributed by atoms with Crippen LogP contribution in [-0.4, -0.2) is 35.5 Å². The van der Waals surface area contributed by atoms with Crippen molar-refractivity contribution in [2.75, 3.05) is 6.61 Å². The quantitative estimate of drug-likeness (QED) is 0.699. The van der Waals surface area contributed by atoms with Crippen molar-refractivity contribution in [2.24, 2.45) is 5.73 Å². The minimum atomic E-state index is -1.07. The van der Waals surface area contributed by atoms with Crippen LogP contribution in [0.4, 0.5) is 0 Å². The molecule has 102 valence electrons. The average Bonchev–Trinajstić information content (AvgIpc) is 2.36. The van der Waals surface area contributed by atoms with Crippen molar-refractivity contribution >= 4 is 17.7 Å². The third-order valence-electron chi connectivity index (χ3n) is 2.30. The first-order chi connectivity index (χ1) is 8.99. The lowest BCUT2D eigenvalue weighted by Crippen LogP contribution is -2.28.